The molecule has 2 nitrogen and oxygen atoms in total. The molecule has 3 aliphatic rings. The molecule has 0 radical (unpaired) electrons. The summed E-state index contributed by atoms with van der Waals surface area (Å²) in [5.74, 6) is 0.934. The van der Waals surface area contributed by atoms with Gasteiger partial charge < -0.3 is 5.11 Å². The van der Waals surface area contributed by atoms with E-state index in [1.807, 2.05) is 0 Å². The minimum atomic E-state index is -0.113. The Morgan fingerprint density at radius 1 is 0.944 bits per heavy atom. The molecule has 0 bridgehead atoms. The number of likely N-dealkylation sites (tertiary alicyclic amines) is 1. The maximum Gasteiger partial charge on any atom is 0.0746 e. The molecule has 2 heteroatoms. The fraction of sp³-hybridized carbons (Fsp3) is 1.00. The topological polar surface area (TPSA) is 23.5 Å². The lowest BCUT2D eigenvalue weighted by molar-refractivity contribution is -0.0379. The molecule has 0 spiro atoms. The number of piperidine rings is 1. The van der Waals surface area contributed by atoms with Crippen LogP contribution in [0, 0.1) is 11.3 Å². The van der Waals surface area contributed by atoms with Gasteiger partial charge in [-0.05, 0) is 56.4 Å². The van der Waals surface area contributed by atoms with Crippen LogP contribution >= 0.6 is 0 Å². The van der Waals surface area contributed by atoms with E-state index in [0.29, 0.717) is 6.04 Å². The lowest BCUT2D eigenvalue weighted by Gasteiger charge is -2.48. The third-order valence-corrected chi connectivity index (χ3v) is 5.96. The van der Waals surface area contributed by atoms with Gasteiger partial charge in [-0.2, -0.15) is 0 Å². The van der Waals surface area contributed by atoms with Gasteiger partial charge in [0.25, 0.3) is 0 Å². The van der Waals surface area contributed by atoms with Gasteiger partial charge in [0.05, 0.1) is 6.10 Å². The highest BCUT2D eigenvalue weighted by Gasteiger charge is 2.47. The first-order valence-corrected chi connectivity index (χ1v) is 8.03. The van der Waals surface area contributed by atoms with Gasteiger partial charge in [0.2, 0.25) is 0 Å². The summed E-state index contributed by atoms with van der Waals surface area (Å²) >= 11 is 0. The Labute approximate surface area is 112 Å². The zero-order valence-electron chi connectivity index (χ0n) is 12.1. The Hall–Kier alpha value is -0.0800. The molecule has 0 aromatic heterocycles. The van der Waals surface area contributed by atoms with Gasteiger partial charge in [-0.1, -0.05) is 26.7 Å². The Bertz CT molecular complexity index is 299. The highest BCUT2D eigenvalue weighted by atomic mass is 16.3. The normalized spacial score (nSPS) is 44.8. The molecular formula is C16H29NO. The Morgan fingerprint density at radius 2 is 1.67 bits per heavy atom. The van der Waals surface area contributed by atoms with Gasteiger partial charge >= 0.3 is 0 Å². The highest BCUT2D eigenvalue weighted by Crippen LogP contribution is 2.44. The molecule has 3 fully saturated rings. The molecule has 0 aromatic carbocycles. The Balaban J connectivity index is 1.75. The standard InChI is InChI=1S/C16H29NO/c1-16(2)10-9-14(15(16)18)17-11-5-7-12-6-3-4-8-13(12)17/h12-15,18H,3-11H2,1-2H3/t12-,13-,14?,15?/m1/s1. The van der Waals surface area contributed by atoms with Crippen molar-refractivity contribution in [2.75, 3.05) is 6.54 Å². The van der Waals surface area contributed by atoms with Gasteiger partial charge in [-0.15, -0.1) is 0 Å². The van der Waals surface area contributed by atoms with Crippen LogP contribution in [0.4, 0.5) is 0 Å². The maximum absolute atomic E-state index is 10.6. The smallest absolute Gasteiger partial charge is 0.0746 e. The van der Waals surface area contributed by atoms with Crippen LogP contribution in [-0.4, -0.2) is 34.7 Å². The van der Waals surface area contributed by atoms with E-state index < -0.39 is 0 Å². The van der Waals surface area contributed by atoms with Crippen LogP contribution in [0.25, 0.3) is 0 Å². The second-order valence-electron chi connectivity index (χ2n) is 7.53. The van der Waals surface area contributed by atoms with Crippen LogP contribution in [0.3, 0.4) is 0 Å². The summed E-state index contributed by atoms with van der Waals surface area (Å²) in [7, 11) is 0. The van der Waals surface area contributed by atoms with Crippen molar-refractivity contribution < 1.29 is 5.11 Å². The van der Waals surface area contributed by atoms with E-state index in [1.54, 1.807) is 0 Å². The van der Waals surface area contributed by atoms with Crippen LogP contribution in [-0.2, 0) is 0 Å². The van der Waals surface area contributed by atoms with E-state index >= 15 is 0 Å². The molecule has 3 rings (SSSR count). The first kappa shape index (κ1) is 12.9. The average molecular weight is 251 g/mol. The van der Waals surface area contributed by atoms with Crippen molar-refractivity contribution >= 4 is 0 Å². The maximum atomic E-state index is 10.6. The molecule has 0 aromatic rings. The fourth-order valence-electron chi connectivity index (χ4n) is 4.77. The number of nitrogens with zero attached hydrogens (tertiary/aromatic N) is 1. The van der Waals surface area contributed by atoms with Gasteiger partial charge in [0.15, 0.2) is 0 Å². The molecule has 104 valence electrons. The monoisotopic (exact) mass is 251 g/mol. The predicted molar refractivity (Wildman–Crippen MR) is 74.5 cm³/mol. The van der Waals surface area contributed by atoms with E-state index in [0.717, 1.165) is 12.0 Å². The van der Waals surface area contributed by atoms with Crippen molar-refractivity contribution in [1.29, 1.82) is 0 Å². The average Bonchev–Trinajstić information content (AvgIpc) is 2.64. The molecule has 1 N–H and O–H groups in total. The summed E-state index contributed by atoms with van der Waals surface area (Å²) in [6, 6.07) is 1.24. The molecule has 0 amide bonds. The van der Waals surface area contributed by atoms with E-state index in [9.17, 15) is 5.11 Å². The van der Waals surface area contributed by atoms with E-state index in [2.05, 4.69) is 18.7 Å². The van der Waals surface area contributed by atoms with Gasteiger partial charge in [0.1, 0.15) is 0 Å². The number of rotatable bonds is 1. The lowest BCUT2D eigenvalue weighted by Crippen LogP contribution is -2.54. The zero-order chi connectivity index (χ0) is 12.8. The second kappa shape index (κ2) is 4.79. The third-order valence-electron chi connectivity index (χ3n) is 5.96. The SMILES string of the molecule is CC1(C)CCC(N2CCC[C@H]3CCCC[C@H]32)C1O. The van der Waals surface area contributed by atoms with Crippen LogP contribution in [0.1, 0.15) is 65.2 Å². The summed E-state index contributed by atoms with van der Waals surface area (Å²) in [6.45, 7) is 5.71. The van der Waals surface area contributed by atoms with Crippen LogP contribution in [0.2, 0.25) is 0 Å². The fourth-order valence-corrected chi connectivity index (χ4v) is 4.77. The number of fused-ring (bicyclic) bond motifs is 1. The van der Waals surface area contributed by atoms with Crippen molar-refractivity contribution in [2.24, 2.45) is 11.3 Å². The summed E-state index contributed by atoms with van der Waals surface area (Å²) in [4.78, 5) is 2.72. The molecule has 1 heterocycles. The molecule has 1 saturated heterocycles. The van der Waals surface area contributed by atoms with E-state index in [-0.39, 0.29) is 11.5 Å². The van der Waals surface area contributed by atoms with E-state index in [1.165, 1.54) is 57.9 Å². The number of aliphatic hydroxyl groups excluding tert-OH is 1. The summed E-state index contributed by atoms with van der Waals surface area (Å²) in [5, 5.41) is 10.6. The zero-order valence-corrected chi connectivity index (χ0v) is 12.1. The number of hydrogen-bond donors (Lipinski definition) is 1. The Kier molecular flexibility index (Phi) is 3.44. The highest BCUT2D eigenvalue weighted by molar-refractivity contribution is 5.00. The van der Waals surface area contributed by atoms with Crippen molar-refractivity contribution in [2.45, 2.75) is 83.4 Å². The molecule has 1 aliphatic heterocycles. The lowest BCUT2D eigenvalue weighted by atomic mass is 9.77. The molecule has 2 saturated carbocycles. The summed E-state index contributed by atoms with van der Waals surface area (Å²) in [6.07, 6.45) is 10.7. The first-order chi connectivity index (χ1) is 8.59. The van der Waals surface area contributed by atoms with Crippen molar-refractivity contribution in [3.8, 4) is 0 Å². The minimum absolute atomic E-state index is 0.113. The van der Waals surface area contributed by atoms with Crippen molar-refractivity contribution in [1.82, 2.24) is 4.90 Å². The van der Waals surface area contributed by atoms with Crippen molar-refractivity contribution in [3.63, 3.8) is 0 Å². The largest absolute Gasteiger partial charge is 0.391 e. The second-order valence-corrected chi connectivity index (χ2v) is 7.53. The number of aliphatic hydroxyl groups is 1. The van der Waals surface area contributed by atoms with Crippen LogP contribution < -0.4 is 0 Å². The predicted octanol–water partition coefficient (Wildman–Crippen LogP) is 3.19. The summed E-state index contributed by atoms with van der Waals surface area (Å²) in [5.41, 5.74) is 0.131. The molecular weight excluding hydrogens is 222 g/mol. The van der Waals surface area contributed by atoms with Crippen molar-refractivity contribution in [3.05, 3.63) is 0 Å². The quantitative estimate of drug-likeness (QED) is 0.773. The molecule has 2 unspecified atom stereocenters. The van der Waals surface area contributed by atoms with Gasteiger partial charge in [0, 0.05) is 12.1 Å². The first-order valence-electron chi connectivity index (χ1n) is 8.03. The van der Waals surface area contributed by atoms with Crippen LogP contribution in [0.15, 0.2) is 0 Å². The van der Waals surface area contributed by atoms with E-state index in [4.69, 9.17) is 0 Å². The third kappa shape index (κ3) is 2.12. The van der Waals surface area contributed by atoms with Gasteiger partial charge in [-0.3, -0.25) is 4.90 Å². The molecule has 2 aliphatic carbocycles. The number of hydrogen-bond acceptors (Lipinski definition) is 2. The minimum Gasteiger partial charge on any atom is -0.391 e. The molecule has 4 atom stereocenters. The van der Waals surface area contributed by atoms with Gasteiger partial charge in [-0.25, -0.2) is 0 Å². The summed E-state index contributed by atoms with van der Waals surface area (Å²) < 4.78 is 0. The Morgan fingerprint density at radius 3 is 2.39 bits per heavy atom. The molecule has 18 heavy (non-hydrogen) atoms. The van der Waals surface area contributed by atoms with Crippen LogP contribution in [0.5, 0.6) is 0 Å².